The number of hydrogen-bond acceptors (Lipinski definition) is 3. The summed E-state index contributed by atoms with van der Waals surface area (Å²) in [5.74, 6) is -0.517. The summed E-state index contributed by atoms with van der Waals surface area (Å²) in [6.45, 7) is -0.187. The monoisotopic (exact) mass is 267 g/mol. The first-order valence-electron chi connectivity index (χ1n) is 4.03. The van der Waals surface area contributed by atoms with Gasteiger partial charge in [-0.2, -0.15) is 0 Å². The van der Waals surface area contributed by atoms with Gasteiger partial charge in [-0.3, -0.25) is 4.79 Å². The van der Waals surface area contributed by atoms with Crippen LogP contribution in [0, 0.1) is 0 Å². The lowest BCUT2D eigenvalue weighted by Gasteiger charge is -2.08. The fourth-order valence-electron chi connectivity index (χ4n) is 0.922. The van der Waals surface area contributed by atoms with Gasteiger partial charge in [0.15, 0.2) is 0 Å². The number of benzene rings is 1. The molecule has 0 unspecified atom stereocenters. The van der Waals surface area contributed by atoms with Crippen LogP contribution in [-0.2, 0) is 16.1 Å². The maximum absolute atomic E-state index is 10.8. The molecule has 0 fully saturated rings. The summed E-state index contributed by atoms with van der Waals surface area (Å²) >= 11 is 17.5. The predicted molar refractivity (Wildman–Crippen MR) is 60.3 cm³/mol. The molecule has 0 aliphatic rings. The summed E-state index contributed by atoms with van der Waals surface area (Å²) in [5.41, 5.74) is 5.59. The normalized spacial score (nSPS) is 10.1. The topological polar surface area (TPSA) is 52.3 Å². The summed E-state index contributed by atoms with van der Waals surface area (Å²) in [6, 6.07) is 3.06. The third-order valence-electron chi connectivity index (χ3n) is 1.65. The molecule has 1 aromatic rings. The SMILES string of the molecule is NCC(=O)OCc1c(Cl)cc(Cl)cc1Cl. The van der Waals surface area contributed by atoms with Gasteiger partial charge in [-0.25, -0.2) is 0 Å². The van der Waals surface area contributed by atoms with E-state index >= 15 is 0 Å². The van der Waals surface area contributed by atoms with Crippen LogP contribution in [0.2, 0.25) is 15.1 Å². The molecule has 1 rings (SSSR count). The maximum atomic E-state index is 10.8. The summed E-state index contributed by atoms with van der Waals surface area (Å²) < 4.78 is 4.80. The molecule has 0 aliphatic heterocycles. The van der Waals surface area contributed by atoms with Gasteiger partial charge >= 0.3 is 5.97 Å². The molecule has 0 atom stereocenters. The largest absolute Gasteiger partial charge is 0.460 e. The van der Waals surface area contributed by atoms with Crippen LogP contribution in [0.25, 0.3) is 0 Å². The first-order chi connectivity index (χ1) is 7.04. The molecule has 15 heavy (non-hydrogen) atoms. The maximum Gasteiger partial charge on any atom is 0.320 e. The number of nitrogens with two attached hydrogens (primary N) is 1. The van der Waals surface area contributed by atoms with Gasteiger partial charge in [-0.05, 0) is 12.1 Å². The van der Waals surface area contributed by atoms with Crippen molar-refractivity contribution in [2.24, 2.45) is 5.73 Å². The average Bonchev–Trinajstić information content (AvgIpc) is 2.15. The van der Waals surface area contributed by atoms with E-state index in [0.29, 0.717) is 20.6 Å². The quantitative estimate of drug-likeness (QED) is 0.858. The van der Waals surface area contributed by atoms with Crippen LogP contribution in [0.5, 0.6) is 0 Å². The Bertz CT molecular complexity index is 359. The molecule has 6 heteroatoms. The Kier molecular flexibility index (Phi) is 4.67. The minimum absolute atomic E-state index is 0.00906. The number of halogens is 3. The van der Waals surface area contributed by atoms with Crippen molar-refractivity contribution in [1.29, 1.82) is 0 Å². The van der Waals surface area contributed by atoms with Crippen molar-refractivity contribution in [2.45, 2.75) is 6.61 Å². The van der Waals surface area contributed by atoms with Crippen molar-refractivity contribution in [1.82, 2.24) is 0 Å². The molecule has 0 spiro atoms. The van der Waals surface area contributed by atoms with Gasteiger partial charge in [0.05, 0.1) is 16.6 Å². The first-order valence-corrected chi connectivity index (χ1v) is 5.17. The molecule has 0 heterocycles. The molecule has 82 valence electrons. The predicted octanol–water partition coefficient (Wildman–Crippen LogP) is 2.65. The number of esters is 1. The molecule has 0 saturated heterocycles. The first kappa shape index (κ1) is 12.6. The van der Waals surface area contributed by atoms with Crippen LogP contribution in [0.4, 0.5) is 0 Å². The zero-order valence-corrected chi connectivity index (χ0v) is 9.86. The number of hydrogen-bond donors (Lipinski definition) is 1. The van der Waals surface area contributed by atoms with Gasteiger partial charge in [0, 0.05) is 10.6 Å². The van der Waals surface area contributed by atoms with Crippen molar-refractivity contribution in [2.75, 3.05) is 6.54 Å². The Balaban J connectivity index is 2.81. The molecular formula is C9H8Cl3NO2. The average molecular weight is 269 g/mol. The Morgan fingerprint density at radius 3 is 2.27 bits per heavy atom. The van der Waals surface area contributed by atoms with E-state index in [2.05, 4.69) is 0 Å². The summed E-state index contributed by atoms with van der Waals surface area (Å²) in [6.07, 6.45) is 0. The van der Waals surface area contributed by atoms with E-state index in [1.54, 1.807) is 0 Å². The zero-order chi connectivity index (χ0) is 11.4. The summed E-state index contributed by atoms with van der Waals surface area (Å²) in [4.78, 5) is 10.8. The van der Waals surface area contributed by atoms with E-state index in [-0.39, 0.29) is 13.2 Å². The molecule has 2 N–H and O–H groups in total. The molecule has 0 saturated carbocycles. The van der Waals surface area contributed by atoms with Gasteiger partial charge in [-0.15, -0.1) is 0 Å². The Morgan fingerprint density at radius 1 is 1.27 bits per heavy atom. The number of ether oxygens (including phenoxy) is 1. The van der Waals surface area contributed by atoms with E-state index in [1.807, 2.05) is 0 Å². The lowest BCUT2D eigenvalue weighted by molar-refractivity contribution is -0.143. The second-order valence-corrected chi connectivity index (χ2v) is 3.96. The molecule has 0 aliphatic carbocycles. The highest BCUT2D eigenvalue weighted by Crippen LogP contribution is 2.29. The second kappa shape index (κ2) is 5.56. The van der Waals surface area contributed by atoms with Gasteiger partial charge in [0.1, 0.15) is 6.61 Å². The number of carbonyl (C=O) groups excluding carboxylic acids is 1. The zero-order valence-electron chi connectivity index (χ0n) is 7.60. The molecule has 0 aromatic heterocycles. The lowest BCUT2D eigenvalue weighted by atomic mass is 10.2. The number of carbonyl (C=O) groups is 1. The van der Waals surface area contributed by atoms with Crippen LogP contribution in [0.1, 0.15) is 5.56 Å². The summed E-state index contributed by atoms with van der Waals surface area (Å²) in [5, 5.41) is 1.15. The second-order valence-electron chi connectivity index (χ2n) is 2.71. The van der Waals surface area contributed by atoms with Gasteiger partial charge in [-0.1, -0.05) is 34.8 Å². The minimum atomic E-state index is -0.517. The van der Waals surface area contributed by atoms with Crippen molar-refractivity contribution in [3.63, 3.8) is 0 Å². The molecule has 0 bridgehead atoms. The summed E-state index contributed by atoms with van der Waals surface area (Å²) in [7, 11) is 0. The van der Waals surface area contributed by atoms with Crippen LogP contribution < -0.4 is 5.73 Å². The van der Waals surface area contributed by atoms with Crippen LogP contribution in [0.15, 0.2) is 12.1 Å². The van der Waals surface area contributed by atoms with Crippen molar-refractivity contribution >= 4 is 40.8 Å². The van der Waals surface area contributed by atoms with Gasteiger partial charge in [0.2, 0.25) is 0 Å². The van der Waals surface area contributed by atoms with E-state index in [0.717, 1.165) is 0 Å². The third-order valence-corrected chi connectivity index (χ3v) is 2.54. The Hall–Kier alpha value is -0.480. The van der Waals surface area contributed by atoms with E-state index in [1.165, 1.54) is 12.1 Å². The lowest BCUT2D eigenvalue weighted by Crippen LogP contribution is -2.16. The molecule has 1 aromatic carbocycles. The highest BCUT2D eigenvalue weighted by molar-refractivity contribution is 6.39. The fourth-order valence-corrected chi connectivity index (χ4v) is 1.85. The Morgan fingerprint density at radius 2 is 1.80 bits per heavy atom. The standard InChI is InChI=1S/C9H8Cl3NO2/c10-5-1-7(11)6(8(12)2-5)4-15-9(14)3-13/h1-2H,3-4,13H2. The van der Waals surface area contributed by atoms with Crippen molar-refractivity contribution in [3.8, 4) is 0 Å². The third kappa shape index (κ3) is 3.54. The van der Waals surface area contributed by atoms with Gasteiger partial charge in [0.25, 0.3) is 0 Å². The highest BCUT2D eigenvalue weighted by Gasteiger charge is 2.09. The number of rotatable bonds is 3. The van der Waals surface area contributed by atoms with Crippen LogP contribution in [0.3, 0.4) is 0 Å². The minimum Gasteiger partial charge on any atom is -0.460 e. The van der Waals surface area contributed by atoms with E-state index in [9.17, 15) is 4.79 Å². The molecule has 3 nitrogen and oxygen atoms in total. The molecule has 0 radical (unpaired) electrons. The molecular weight excluding hydrogens is 260 g/mol. The highest BCUT2D eigenvalue weighted by atomic mass is 35.5. The van der Waals surface area contributed by atoms with Crippen molar-refractivity contribution < 1.29 is 9.53 Å². The van der Waals surface area contributed by atoms with Crippen LogP contribution in [-0.4, -0.2) is 12.5 Å². The van der Waals surface area contributed by atoms with Crippen LogP contribution >= 0.6 is 34.8 Å². The van der Waals surface area contributed by atoms with E-state index < -0.39 is 5.97 Å². The smallest absolute Gasteiger partial charge is 0.320 e. The van der Waals surface area contributed by atoms with Crippen molar-refractivity contribution in [3.05, 3.63) is 32.8 Å². The molecule has 0 amide bonds. The van der Waals surface area contributed by atoms with Gasteiger partial charge < -0.3 is 10.5 Å². The van der Waals surface area contributed by atoms with E-state index in [4.69, 9.17) is 45.3 Å². The Labute approximate surface area is 102 Å². The fraction of sp³-hybridized carbons (Fsp3) is 0.222.